The van der Waals surface area contributed by atoms with Crippen molar-refractivity contribution in [3.8, 4) is 0 Å². The summed E-state index contributed by atoms with van der Waals surface area (Å²) < 4.78 is 2.99. The van der Waals surface area contributed by atoms with Gasteiger partial charge >= 0.3 is 0 Å². The van der Waals surface area contributed by atoms with Crippen LogP contribution < -0.4 is 10.2 Å². The summed E-state index contributed by atoms with van der Waals surface area (Å²) in [5.41, 5.74) is 3.93. The Hall–Kier alpha value is -2.41. The van der Waals surface area contributed by atoms with Crippen LogP contribution in [-0.2, 0) is 13.5 Å². The van der Waals surface area contributed by atoms with Crippen molar-refractivity contribution in [3.63, 3.8) is 0 Å². The highest BCUT2D eigenvalue weighted by Gasteiger charge is 2.24. The standard InChI is InChI=1S/C20H25N5OS/c1-4-14-6-5-7-17-18(14)22-20(27-17)25-10-8-15(9-11-25)21-19(26)16-12-13(2)24(3)23-16/h5-7,12,15H,4,8-11H2,1-3H3,(H,21,26). The molecule has 0 aliphatic carbocycles. The number of para-hydroxylation sites is 1. The minimum atomic E-state index is -0.0790. The largest absolute Gasteiger partial charge is 0.348 e. The van der Waals surface area contributed by atoms with Crippen molar-refractivity contribution in [2.24, 2.45) is 7.05 Å². The summed E-state index contributed by atoms with van der Waals surface area (Å²) in [6.07, 6.45) is 2.85. The molecular formula is C20H25N5OS. The second-order valence-electron chi connectivity index (χ2n) is 7.14. The lowest BCUT2D eigenvalue weighted by molar-refractivity contribution is 0.0925. The molecule has 6 nitrogen and oxygen atoms in total. The molecule has 2 aromatic heterocycles. The molecule has 142 valence electrons. The van der Waals surface area contributed by atoms with E-state index in [-0.39, 0.29) is 11.9 Å². The fourth-order valence-corrected chi connectivity index (χ4v) is 4.63. The average Bonchev–Trinajstić information content (AvgIpc) is 3.25. The molecule has 0 unspecified atom stereocenters. The molecule has 1 aromatic carbocycles. The summed E-state index contributed by atoms with van der Waals surface area (Å²) in [6.45, 7) is 5.94. The van der Waals surface area contributed by atoms with Gasteiger partial charge in [-0.3, -0.25) is 9.48 Å². The van der Waals surface area contributed by atoms with Crippen molar-refractivity contribution < 1.29 is 4.79 Å². The number of carbonyl (C=O) groups excluding carboxylic acids is 1. The summed E-state index contributed by atoms with van der Waals surface area (Å²) >= 11 is 1.76. The van der Waals surface area contributed by atoms with Gasteiger partial charge in [-0.05, 0) is 43.9 Å². The molecule has 27 heavy (non-hydrogen) atoms. The zero-order chi connectivity index (χ0) is 19.0. The summed E-state index contributed by atoms with van der Waals surface area (Å²) in [4.78, 5) is 19.6. The molecule has 1 fully saturated rings. The van der Waals surface area contributed by atoms with Crippen LogP contribution in [0.3, 0.4) is 0 Å². The van der Waals surface area contributed by atoms with Crippen molar-refractivity contribution in [3.05, 3.63) is 41.2 Å². The first-order valence-electron chi connectivity index (χ1n) is 9.50. The van der Waals surface area contributed by atoms with Crippen LogP contribution in [0, 0.1) is 6.92 Å². The second kappa shape index (κ2) is 7.31. The van der Waals surface area contributed by atoms with Crippen LogP contribution in [0.4, 0.5) is 5.13 Å². The lowest BCUT2D eigenvalue weighted by Crippen LogP contribution is -2.44. The first kappa shape index (κ1) is 18.0. The number of thiazole rings is 1. The average molecular weight is 384 g/mol. The van der Waals surface area contributed by atoms with Crippen molar-refractivity contribution in [1.29, 1.82) is 0 Å². The Kier molecular flexibility index (Phi) is 4.86. The van der Waals surface area contributed by atoms with Gasteiger partial charge < -0.3 is 10.2 Å². The van der Waals surface area contributed by atoms with Gasteiger partial charge in [-0.2, -0.15) is 5.10 Å². The van der Waals surface area contributed by atoms with E-state index in [1.165, 1.54) is 10.3 Å². The number of hydrogen-bond acceptors (Lipinski definition) is 5. The molecule has 3 heterocycles. The van der Waals surface area contributed by atoms with Gasteiger partial charge in [-0.15, -0.1) is 0 Å². The second-order valence-corrected chi connectivity index (χ2v) is 8.15. The zero-order valence-corrected chi connectivity index (χ0v) is 16.8. The number of rotatable bonds is 4. The number of carbonyl (C=O) groups is 1. The molecule has 0 radical (unpaired) electrons. The number of aryl methyl sites for hydroxylation is 3. The number of amides is 1. The highest BCUT2D eigenvalue weighted by molar-refractivity contribution is 7.22. The molecule has 0 saturated carbocycles. The molecule has 3 aromatic rings. The fourth-order valence-electron chi connectivity index (χ4n) is 3.56. The lowest BCUT2D eigenvalue weighted by atomic mass is 10.1. The predicted molar refractivity (Wildman–Crippen MR) is 110 cm³/mol. The van der Waals surface area contributed by atoms with Gasteiger partial charge in [0, 0.05) is 31.9 Å². The molecule has 1 saturated heterocycles. The SMILES string of the molecule is CCc1cccc2sc(N3CCC(NC(=O)c4cc(C)n(C)n4)CC3)nc12. The van der Waals surface area contributed by atoms with Crippen LogP contribution >= 0.6 is 11.3 Å². The maximum absolute atomic E-state index is 12.4. The van der Waals surface area contributed by atoms with Gasteiger partial charge in [0.15, 0.2) is 5.13 Å². The van der Waals surface area contributed by atoms with Crippen LogP contribution in [-0.4, -0.2) is 39.8 Å². The summed E-state index contributed by atoms with van der Waals surface area (Å²) in [5, 5.41) is 8.49. The van der Waals surface area contributed by atoms with Crippen LogP contribution in [0.2, 0.25) is 0 Å². The third kappa shape index (κ3) is 3.56. The maximum atomic E-state index is 12.4. The molecule has 0 atom stereocenters. The number of anilines is 1. The highest BCUT2D eigenvalue weighted by atomic mass is 32.1. The normalized spacial score (nSPS) is 15.4. The summed E-state index contributed by atoms with van der Waals surface area (Å²) in [7, 11) is 1.85. The van der Waals surface area contributed by atoms with Crippen LogP contribution in [0.25, 0.3) is 10.2 Å². The van der Waals surface area contributed by atoms with Gasteiger partial charge in [0.05, 0.1) is 10.2 Å². The number of benzene rings is 1. The van der Waals surface area contributed by atoms with Crippen LogP contribution in [0.5, 0.6) is 0 Å². The Balaban J connectivity index is 1.39. The number of nitrogens with one attached hydrogen (secondary N) is 1. The molecule has 0 bridgehead atoms. The third-order valence-corrected chi connectivity index (χ3v) is 6.40. The first-order valence-corrected chi connectivity index (χ1v) is 10.3. The van der Waals surface area contributed by atoms with Crippen LogP contribution in [0.15, 0.2) is 24.3 Å². The highest BCUT2D eigenvalue weighted by Crippen LogP contribution is 2.32. The van der Waals surface area contributed by atoms with E-state index in [2.05, 4.69) is 40.4 Å². The maximum Gasteiger partial charge on any atom is 0.272 e. The quantitative estimate of drug-likeness (QED) is 0.751. The number of nitrogens with zero attached hydrogens (tertiary/aromatic N) is 4. The van der Waals surface area contributed by atoms with E-state index in [1.54, 1.807) is 16.0 Å². The number of piperidine rings is 1. The predicted octanol–water partition coefficient (Wildman–Crippen LogP) is 3.30. The summed E-state index contributed by atoms with van der Waals surface area (Å²) in [5.74, 6) is -0.0790. The number of hydrogen-bond donors (Lipinski definition) is 1. The molecule has 1 N–H and O–H groups in total. The van der Waals surface area contributed by atoms with Gasteiger partial charge in [0.2, 0.25) is 0 Å². The van der Waals surface area contributed by atoms with E-state index >= 15 is 0 Å². The van der Waals surface area contributed by atoms with E-state index in [1.807, 2.05) is 20.0 Å². The van der Waals surface area contributed by atoms with Crippen molar-refractivity contribution >= 4 is 32.6 Å². The smallest absolute Gasteiger partial charge is 0.272 e. The van der Waals surface area contributed by atoms with Crippen molar-refractivity contribution in [2.75, 3.05) is 18.0 Å². The van der Waals surface area contributed by atoms with E-state index < -0.39 is 0 Å². The molecular weight excluding hydrogens is 358 g/mol. The third-order valence-electron chi connectivity index (χ3n) is 5.32. The number of aromatic nitrogens is 3. The topological polar surface area (TPSA) is 63.1 Å². The van der Waals surface area contributed by atoms with E-state index in [4.69, 9.17) is 4.98 Å². The molecule has 1 aliphatic rings. The Morgan fingerprint density at radius 3 is 2.78 bits per heavy atom. The minimum Gasteiger partial charge on any atom is -0.348 e. The molecule has 1 amide bonds. The Morgan fingerprint density at radius 2 is 2.11 bits per heavy atom. The van der Waals surface area contributed by atoms with Gasteiger partial charge in [0.1, 0.15) is 5.69 Å². The summed E-state index contributed by atoms with van der Waals surface area (Å²) in [6, 6.07) is 8.45. The fraction of sp³-hybridized carbons (Fsp3) is 0.450. The minimum absolute atomic E-state index is 0.0790. The first-order chi connectivity index (χ1) is 13.0. The van der Waals surface area contributed by atoms with Gasteiger partial charge in [0.25, 0.3) is 5.91 Å². The monoisotopic (exact) mass is 383 g/mol. The zero-order valence-electron chi connectivity index (χ0n) is 16.0. The van der Waals surface area contributed by atoms with E-state index in [9.17, 15) is 4.79 Å². The van der Waals surface area contributed by atoms with E-state index in [0.717, 1.165) is 48.7 Å². The Morgan fingerprint density at radius 1 is 1.33 bits per heavy atom. The van der Waals surface area contributed by atoms with E-state index in [0.29, 0.717) is 5.69 Å². The van der Waals surface area contributed by atoms with Crippen molar-refractivity contribution in [1.82, 2.24) is 20.1 Å². The lowest BCUT2D eigenvalue weighted by Gasteiger charge is -2.32. The van der Waals surface area contributed by atoms with Gasteiger partial charge in [-0.1, -0.05) is 30.4 Å². The number of fused-ring (bicyclic) bond motifs is 1. The Labute approximate surface area is 163 Å². The van der Waals surface area contributed by atoms with Crippen molar-refractivity contribution in [2.45, 2.75) is 39.2 Å². The molecule has 7 heteroatoms. The molecule has 4 rings (SSSR count). The van der Waals surface area contributed by atoms with Crippen LogP contribution in [0.1, 0.15) is 41.5 Å². The molecule has 0 spiro atoms. The Bertz CT molecular complexity index is 949. The van der Waals surface area contributed by atoms with Gasteiger partial charge in [-0.25, -0.2) is 4.98 Å². The molecule has 1 aliphatic heterocycles.